The van der Waals surface area contributed by atoms with Crippen LogP contribution in [0.15, 0.2) is 47.4 Å². The highest BCUT2D eigenvalue weighted by molar-refractivity contribution is 5.79. The molecule has 26 heavy (non-hydrogen) atoms. The third kappa shape index (κ3) is 2.94. The van der Waals surface area contributed by atoms with Gasteiger partial charge in [-0.2, -0.15) is 13.2 Å². The summed E-state index contributed by atoms with van der Waals surface area (Å²) >= 11 is 0. The van der Waals surface area contributed by atoms with Gasteiger partial charge in [-0.25, -0.2) is 9.97 Å². The van der Waals surface area contributed by atoms with Crippen molar-refractivity contribution in [2.45, 2.75) is 19.1 Å². The van der Waals surface area contributed by atoms with Crippen LogP contribution < -0.4 is 5.56 Å². The summed E-state index contributed by atoms with van der Waals surface area (Å²) in [6, 6.07) is 10.2. The maximum atomic E-state index is 13.0. The van der Waals surface area contributed by atoms with Gasteiger partial charge in [0, 0.05) is 24.7 Å². The van der Waals surface area contributed by atoms with E-state index in [1.54, 1.807) is 36.5 Å². The van der Waals surface area contributed by atoms with Crippen LogP contribution in [0.4, 0.5) is 13.2 Å². The van der Waals surface area contributed by atoms with Crippen molar-refractivity contribution >= 4 is 10.9 Å². The van der Waals surface area contributed by atoms with Crippen molar-refractivity contribution < 1.29 is 13.2 Å². The first-order valence-corrected chi connectivity index (χ1v) is 7.95. The lowest BCUT2D eigenvalue weighted by Crippen LogP contribution is -2.26. The maximum Gasteiger partial charge on any atom is 0.393 e. The van der Waals surface area contributed by atoms with Crippen LogP contribution in [0.1, 0.15) is 17.1 Å². The number of rotatable bonds is 0. The zero-order chi connectivity index (χ0) is 18.3. The zero-order valence-electron chi connectivity index (χ0n) is 13.4. The molecule has 1 atom stereocenters. The highest BCUT2D eigenvalue weighted by Crippen LogP contribution is 2.33. The van der Waals surface area contributed by atoms with Crippen molar-refractivity contribution in [2.75, 3.05) is 0 Å². The molecule has 0 spiro atoms. The van der Waals surface area contributed by atoms with Gasteiger partial charge in [-0.3, -0.25) is 9.36 Å². The molecule has 0 radical (unpaired) electrons. The lowest BCUT2D eigenvalue weighted by Gasteiger charge is -2.12. The van der Waals surface area contributed by atoms with Crippen molar-refractivity contribution in [1.29, 1.82) is 0 Å². The van der Waals surface area contributed by atoms with Gasteiger partial charge in [0.1, 0.15) is 11.5 Å². The molecular weight excluding hydrogens is 343 g/mol. The standard InChI is InChI=1S/C19H12F3N3O/c20-19(21,22)13-10-17-24-16-9-12(4-6-14-3-1-2-8-23-14)5-7-15(16)18(26)25(17)11-13/h1-3,5,7-9,13H,10-11H2. The van der Waals surface area contributed by atoms with Gasteiger partial charge in [0.2, 0.25) is 0 Å². The SMILES string of the molecule is O=c1c2ccc(C#Cc3ccccn3)cc2nc2n1CC(C(F)(F)F)C2. The molecule has 0 aliphatic carbocycles. The summed E-state index contributed by atoms with van der Waals surface area (Å²) in [7, 11) is 0. The van der Waals surface area contributed by atoms with E-state index in [0.717, 1.165) is 4.57 Å². The Kier molecular flexibility index (Phi) is 3.76. The van der Waals surface area contributed by atoms with E-state index in [2.05, 4.69) is 21.8 Å². The van der Waals surface area contributed by atoms with E-state index in [4.69, 9.17) is 0 Å². The lowest BCUT2D eigenvalue weighted by atomic mass is 10.1. The van der Waals surface area contributed by atoms with E-state index in [1.807, 2.05) is 6.07 Å². The van der Waals surface area contributed by atoms with Crippen LogP contribution in [-0.2, 0) is 13.0 Å². The van der Waals surface area contributed by atoms with Gasteiger partial charge in [0.25, 0.3) is 5.56 Å². The second-order valence-corrected chi connectivity index (χ2v) is 6.08. The molecule has 2 aromatic heterocycles. The van der Waals surface area contributed by atoms with Gasteiger partial charge in [-0.05, 0) is 36.3 Å². The Bertz CT molecular complexity index is 1110. The van der Waals surface area contributed by atoms with E-state index in [9.17, 15) is 18.0 Å². The average Bonchev–Trinajstić information content (AvgIpc) is 3.05. The van der Waals surface area contributed by atoms with Gasteiger partial charge in [0.15, 0.2) is 0 Å². The van der Waals surface area contributed by atoms with E-state index in [-0.39, 0.29) is 18.8 Å². The minimum atomic E-state index is -4.34. The minimum absolute atomic E-state index is 0.166. The third-order valence-electron chi connectivity index (χ3n) is 4.33. The number of hydrogen-bond acceptors (Lipinski definition) is 3. The predicted octanol–water partition coefficient (Wildman–Crippen LogP) is 2.93. The van der Waals surface area contributed by atoms with E-state index in [0.29, 0.717) is 22.2 Å². The molecule has 3 aromatic rings. The molecule has 0 N–H and O–H groups in total. The van der Waals surface area contributed by atoms with Crippen LogP contribution in [0.25, 0.3) is 10.9 Å². The summed E-state index contributed by atoms with van der Waals surface area (Å²) in [6.07, 6.45) is -2.99. The molecule has 0 amide bonds. The number of alkyl halides is 3. The predicted molar refractivity (Wildman–Crippen MR) is 89.5 cm³/mol. The van der Waals surface area contributed by atoms with Crippen LogP contribution in [-0.4, -0.2) is 20.7 Å². The Hall–Kier alpha value is -3.14. The Labute approximate surface area is 146 Å². The van der Waals surface area contributed by atoms with Crippen LogP contribution in [0.5, 0.6) is 0 Å². The van der Waals surface area contributed by atoms with Gasteiger partial charge >= 0.3 is 6.18 Å². The van der Waals surface area contributed by atoms with Crippen molar-refractivity contribution in [1.82, 2.24) is 14.5 Å². The van der Waals surface area contributed by atoms with Crippen LogP contribution in [0.2, 0.25) is 0 Å². The molecule has 7 heteroatoms. The highest BCUT2D eigenvalue weighted by Gasteiger charge is 2.44. The van der Waals surface area contributed by atoms with Gasteiger partial charge in [0.05, 0.1) is 16.8 Å². The number of pyridine rings is 1. The van der Waals surface area contributed by atoms with Crippen LogP contribution in [0.3, 0.4) is 0 Å². The summed E-state index contributed by atoms with van der Waals surface area (Å²) in [5.74, 6) is 4.43. The van der Waals surface area contributed by atoms with Crippen LogP contribution in [0, 0.1) is 17.8 Å². The summed E-state index contributed by atoms with van der Waals surface area (Å²) in [5, 5.41) is 0.292. The lowest BCUT2D eigenvalue weighted by molar-refractivity contribution is -0.173. The monoisotopic (exact) mass is 355 g/mol. The molecule has 1 aromatic carbocycles. The normalized spacial score (nSPS) is 16.2. The Morgan fingerprint density at radius 3 is 2.73 bits per heavy atom. The first-order chi connectivity index (χ1) is 12.4. The first kappa shape index (κ1) is 16.3. The summed E-state index contributed by atoms with van der Waals surface area (Å²) in [6.45, 7) is -0.373. The minimum Gasteiger partial charge on any atom is -0.295 e. The zero-order valence-corrected chi connectivity index (χ0v) is 13.4. The molecule has 0 fully saturated rings. The molecule has 130 valence electrons. The van der Waals surface area contributed by atoms with Crippen molar-refractivity contribution in [3.05, 3.63) is 70.0 Å². The molecule has 0 bridgehead atoms. The number of nitrogens with zero attached hydrogens (tertiary/aromatic N) is 3. The average molecular weight is 355 g/mol. The summed E-state index contributed by atoms with van der Waals surface area (Å²) < 4.78 is 40.0. The van der Waals surface area contributed by atoms with E-state index < -0.39 is 17.7 Å². The third-order valence-corrected chi connectivity index (χ3v) is 4.33. The molecule has 4 nitrogen and oxygen atoms in total. The summed E-state index contributed by atoms with van der Waals surface area (Å²) in [5.41, 5.74) is 1.13. The smallest absolute Gasteiger partial charge is 0.295 e. The number of hydrogen-bond donors (Lipinski definition) is 0. The van der Waals surface area contributed by atoms with E-state index in [1.165, 1.54) is 0 Å². The quantitative estimate of drug-likeness (QED) is 0.583. The molecule has 1 unspecified atom stereocenters. The molecular formula is C19H12F3N3O. The first-order valence-electron chi connectivity index (χ1n) is 7.95. The highest BCUT2D eigenvalue weighted by atomic mass is 19.4. The molecule has 1 aliphatic heterocycles. The fourth-order valence-corrected chi connectivity index (χ4v) is 2.99. The number of halogens is 3. The topological polar surface area (TPSA) is 47.8 Å². The van der Waals surface area contributed by atoms with Gasteiger partial charge in [-0.1, -0.05) is 12.0 Å². The number of aromatic nitrogens is 3. The number of benzene rings is 1. The molecule has 3 heterocycles. The van der Waals surface area contributed by atoms with E-state index >= 15 is 0 Å². The molecule has 0 saturated heterocycles. The maximum absolute atomic E-state index is 13.0. The second-order valence-electron chi connectivity index (χ2n) is 6.08. The molecule has 1 aliphatic rings. The molecule has 4 rings (SSSR count). The Balaban J connectivity index is 1.74. The fraction of sp³-hybridized carbons (Fsp3) is 0.211. The number of fused-ring (bicyclic) bond motifs is 2. The Morgan fingerprint density at radius 1 is 1.15 bits per heavy atom. The van der Waals surface area contributed by atoms with Gasteiger partial charge in [-0.15, -0.1) is 0 Å². The van der Waals surface area contributed by atoms with Crippen molar-refractivity contribution in [2.24, 2.45) is 5.92 Å². The van der Waals surface area contributed by atoms with Crippen molar-refractivity contribution in [3.63, 3.8) is 0 Å². The Morgan fingerprint density at radius 2 is 2.00 bits per heavy atom. The van der Waals surface area contributed by atoms with Gasteiger partial charge < -0.3 is 0 Å². The molecule has 0 saturated carbocycles. The summed E-state index contributed by atoms with van der Waals surface area (Å²) in [4.78, 5) is 20.9. The van der Waals surface area contributed by atoms with Crippen molar-refractivity contribution in [3.8, 4) is 11.8 Å². The fourth-order valence-electron chi connectivity index (χ4n) is 2.99. The van der Waals surface area contributed by atoms with Crippen LogP contribution >= 0.6 is 0 Å². The largest absolute Gasteiger partial charge is 0.393 e. The second kappa shape index (κ2) is 5.99.